The number of rotatable bonds is 5. The van der Waals surface area contributed by atoms with E-state index in [9.17, 15) is 22.8 Å². The Balaban J connectivity index is 2.65. The summed E-state index contributed by atoms with van der Waals surface area (Å²) in [7, 11) is 0. The summed E-state index contributed by atoms with van der Waals surface area (Å²) < 4.78 is 44.3. The topological polar surface area (TPSA) is 64.6 Å². The molecule has 0 spiro atoms. The molecule has 1 amide bonds. The number of carbonyl (C=O) groups excluding carboxylic acids is 2. The molecule has 5 nitrogen and oxygen atoms in total. The van der Waals surface area contributed by atoms with Crippen LogP contribution in [0.3, 0.4) is 0 Å². The molecule has 8 heteroatoms. The van der Waals surface area contributed by atoms with E-state index in [-0.39, 0.29) is 12.2 Å². The lowest BCUT2D eigenvalue weighted by atomic mass is 10.2. The molecule has 0 saturated heterocycles. The van der Waals surface area contributed by atoms with Gasteiger partial charge >= 0.3 is 12.3 Å². The maximum Gasteiger partial charge on any atom is 0.573 e. The molecular weight excluding hydrogens is 291 g/mol. The van der Waals surface area contributed by atoms with Crippen LogP contribution in [0.15, 0.2) is 24.3 Å². The fraction of sp³-hybridized carbons (Fsp3) is 0.385. The number of hydrogen-bond donors (Lipinski definition) is 1. The van der Waals surface area contributed by atoms with Crippen molar-refractivity contribution in [1.29, 1.82) is 0 Å². The van der Waals surface area contributed by atoms with Crippen LogP contribution in [-0.2, 0) is 9.53 Å². The average molecular weight is 305 g/mol. The Morgan fingerprint density at radius 2 is 1.81 bits per heavy atom. The molecule has 0 aliphatic rings. The van der Waals surface area contributed by atoms with Gasteiger partial charge in [0.1, 0.15) is 11.8 Å². The predicted molar refractivity (Wildman–Crippen MR) is 66.7 cm³/mol. The Kier molecular flexibility index (Phi) is 5.57. The van der Waals surface area contributed by atoms with Gasteiger partial charge in [0.05, 0.1) is 6.61 Å². The van der Waals surface area contributed by atoms with Gasteiger partial charge in [-0.2, -0.15) is 0 Å². The molecular formula is C13H14F3NO4. The molecule has 1 unspecified atom stereocenters. The Labute approximate surface area is 119 Å². The minimum atomic E-state index is -4.79. The highest BCUT2D eigenvalue weighted by atomic mass is 19.4. The van der Waals surface area contributed by atoms with Crippen molar-refractivity contribution in [2.45, 2.75) is 26.3 Å². The minimum absolute atomic E-state index is 0.0978. The van der Waals surface area contributed by atoms with Crippen molar-refractivity contribution >= 4 is 11.9 Å². The smallest absolute Gasteiger partial charge is 0.464 e. The van der Waals surface area contributed by atoms with Crippen LogP contribution in [0.4, 0.5) is 13.2 Å². The van der Waals surface area contributed by atoms with Crippen molar-refractivity contribution in [3.05, 3.63) is 29.8 Å². The van der Waals surface area contributed by atoms with Crippen LogP contribution in [-0.4, -0.2) is 30.9 Å². The van der Waals surface area contributed by atoms with E-state index in [1.807, 2.05) is 0 Å². The molecule has 0 bridgehead atoms. The van der Waals surface area contributed by atoms with Gasteiger partial charge in [-0.3, -0.25) is 4.79 Å². The maximum atomic E-state index is 12.0. The zero-order valence-electron chi connectivity index (χ0n) is 11.4. The van der Waals surface area contributed by atoms with E-state index in [1.54, 1.807) is 6.92 Å². The Morgan fingerprint density at radius 1 is 1.24 bits per heavy atom. The van der Waals surface area contributed by atoms with Gasteiger partial charge in [0, 0.05) is 5.56 Å². The summed E-state index contributed by atoms with van der Waals surface area (Å²) in [5, 5.41) is 2.37. The number of carbonyl (C=O) groups is 2. The molecule has 0 fully saturated rings. The Bertz CT molecular complexity index is 499. The third-order valence-corrected chi connectivity index (χ3v) is 2.34. The number of halogens is 3. The lowest BCUT2D eigenvalue weighted by Gasteiger charge is -2.13. The molecule has 1 aromatic rings. The van der Waals surface area contributed by atoms with E-state index in [0.717, 1.165) is 24.3 Å². The van der Waals surface area contributed by atoms with E-state index >= 15 is 0 Å². The van der Waals surface area contributed by atoms with Crippen LogP contribution < -0.4 is 10.1 Å². The highest BCUT2D eigenvalue weighted by Gasteiger charge is 2.31. The summed E-state index contributed by atoms with van der Waals surface area (Å²) in [6, 6.07) is 3.49. The fourth-order valence-electron chi connectivity index (χ4n) is 1.41. The molecule has 0 saturated carbocycles. The predicted octanol–water partition coefficient (Wildman–Crippen LogP) is 2.27. The number of amides is 1. The number of esters is 1. The molecule has 0 aliphatic heterocycles. The normalized spacial score (nSPS) is 12.4. The van der Waals surface area contributed by atoms with Gasteiger partial charge < -0.3 is 14.8 Å². The van der Waals surface area contributed by atoms with Crippen LogP contribution in [0.2, 0.25) is 0 Å². The first-order valence-electron chi connectivity index (χ1n) is 6.06. The van der Waals surface area contributed by atoms with E-state index in [0.29, 0.717) is 0 Å². The SMILES string of the molecule is CCOC(=O)C(C)NC(=O)c1ccc(OC(F)(F)F)cc1. The van der Waals surface area contributed by atoms with E-state index < -0.39 is 30.0 Å². The molecule has 0 radical (unpaired) electrons. The second kappa shape index (κ2) is 6.96. The lowest BCUT2D eigenvalue weighted by molar-refractivity contribution is -0.274. The number of nitrogens with one attached hydrogen (secondary N) is 1. The molecule has 0 heterocycles. The van der Waals surface area contributed by atoms with Gasteiger partial charge in [0.15, 0.2) is 0 Å². The quantitative estimate of drug-likeness (QED) is 0.848. The summed E-state index contributed by atoms with van der Waals surface area (Å²) in [5.41, 5.74) is 0.0978. The summed E-state index contributed by atoms with van der Waals surface area (Å²) in [5.74, 6) is -1.63. The average Bonchev–Trinajstić information content (AvgIpc) is 2.37. The van der Waals surface area contributed by atoms with E-state index in [2.05, 4.69) is 10.1 Å². The highest BCUT2D eigenvalue weighted by molar-refractivity contribution is 5.96. The summed E-state index contributed by atoms with van der Waals surface area (Å²) in [6.07, 6.45) is -4.79. The van der Waals surface area contributed by atoms with Crippen molar-refractivity contribution in [2.75, 3.05) is 6.61 Å². The summed E-state index contributed by atoms with van der Waals surface area (Å²) in [6.45, 7) is 3.26. The van der Waals surface area contributed by atoms with Crippen LogP contribution >= 0.6 is 0 Å². The molecule has 1 atom stereocenters. The lowest BCUT2D eigenvalue weighted by Crippen LogP contribution is -2.39. The molecule has 0 aliphatic carbocycles. The maximum absolute atomic E-state index is 12.0. The second-order valence-electron chi connectivity index (χ2n) is 4.02. The first kappa shape index (κ1) is 16.8. The Morgan fingerprint density at radius 3 is 2.29 bits per heavy atom. The minimum Gasteiger partial charge on any atom is -0.464 e. The van der Waals surface area contributed by atoms with Crippen molar-refractivity contribution in [1.82, 2.24) is 5.32 Å². The van der Waals surface area contributed by atoms with Gasteiger partial charge in [-0.25, -0.2) is 4.79 Å². The second-order valence-corrected chi connectivity index (χ2v) is 4.02. The van der Waals surface area contributed by atoms with Crippen LogP contribution in [0.5, 0.6) is 5.75 Å². The molecule has 116 valence electrons. The summed E-state index contributed by atoms with van der Waals surface area (Å²) in [4.78, 5) is 23.1. The third kappa shape index (κ3) is 5.72. The van der Waals surface area contributed by atoms with Gasteiger partial charge in [0.25, 0.3) is 5.91 Å². The van der Waals surface area contributed by atoms with Gasteiger partial charge in [0.2, 0.25) is 0 Å². The zero-order chi connectivity index (χ0) is 16.0. The molecule has 1 aromatic carbocycles. The van der Waals surface area contributed by atoms with Crippen molar-refractivity contribution < 1.29 is 32.2 Å². The third-order valence-electron chi connectivity index (χ3n) is 2.34. The van der Waals surface area contributed by atoms with Crippen LogP contribution in [0, 0.1) is 0 Å². The number of alkyl halides is 3. The number of ether oxygens (including phenoxy) is 2. The molecule has 0 aromatic heterocycles. The van der Waals surface area contributed by atoms with Crippen molar-refractivity contribution in [3.63, 3.8) is 0 Å². The van der Waals surface area contributed by atoms with Crippen molar-refractivity contribution in [2.24, 2.45) is 0 Å². The zero-order valence-corrected chi connectivity index (χ0v) is 11.4. The van der Waals surface area contributed by atoms with Crippen LogP contribution in [0.1, 0.15) is 24.2 Å². The monoisotopic (exact) mass is 305 g/mol. The fourth-order valence-corrected chi connectivity index (χ4v) is 1.41. The molecule has 1 N–H and O–H groups in total. The van der Waals surface area contributed by atoms with Gasteiger partial charge in [-0.1, -0.05) is 0 Å². The first-order chi connectivity index (χ1) is 9.73. The van der Waals surface area contributed by atoms with Gasteiger partial charge in [-0.05, 0) is 38.1 Å². The standard InChI is InChI=1S/C13H14F3NO4/c1-3-20-12(19)8(2)17-11(18)9-4-6-10(7-5-9)21-13(14,15)16/h4-8H,3H2,1-2H3,(H,17,18). The van der Waals surface area contributed by atoms with Crippen LogP contribution in [0.25, 0.3) is 0 Å². The highest BCUT2D eigenvalue weighted by Crippen LogP contribution is 2.22. The Hall–Kier alpha value is -2.25. The summed E-state index contributed by atoms with van der Waals surface area (Å²) >= 11 is 0. The van der Waals surface area contributed by atoms with Crippen molar-refractivity contribution in [3.8, 4) is 5.75 Å². The largest absolute Gasteiger partial charge is 0.573 e. The number of benzene rings is 1. The number of hydrogen-bond acceptors (Lipinski definition) is 4. The first-order valence-corrected chi connectivity index (χ1v) is 6.06. The van der Waals surface area contributed by atoms with E-state index in [4.69, 9.17) is 4.74 Å². The van der Waals surface area contributed by atoms with E-state index in [1.165, 1.54) is 6.92 Å². The van der Waals surface area contributed by atoms with Gasteiger partial charge in [-0.15, -0.1) is 13.2 Å². The molecule has 1 rings (SSSR count). The molecule has 21 heavy (non-hydrogen) atoms.